The summed E-state index contributed by atoms with van der Waals surface area (Å²) in [5.74, 6) is 0.255. The van der Waals surface area contributed by atoms with Crippen LogP contribution in [0.1, 0.15) is 17.0 Å². The van der Waals surface area contributed by atoms with Crippen LogP contribution in [0.2, 0.25) is 0 Å². The van der Waals surface area contributed by atoms with Gasteiger partial charge < -0.3 is 15.7 Å². The van der Waals surface area contributed by atoms with Crippen molar-refractivity contribution in [3.05, 3.63) is 69.9 Å². The lowest BCUT2D eigenvalue weighted by Crippen LogP contribution is -2.39. The molecule has 0 amide bonds. The van der Waals surface area contributed by atoms with Gasteiger partial charge >= 0.3 is 0 Å². The van der Waals surface area contributed by atoms with Gasteiger partial charge in [-0.15, -0.1) is 0 Å². The molecule has 0 aliphatic carbocycles. The fourth-order valence-corrected chi connectivity index (χ4v) is 2.63. The van der Waals surface area contributed by atoms with Crippen molar-refractivity contribution in [3.63, 3.8) is 0 Å². The molecule has 2 aromatic carbocycles. The van der Waals surface area contributed by atoms with Crippen LogP contribution in [-0.2, 0) is 6.54 Å². The van der Waals surface area contributed by atoms with Crippen LogP contribution in [0.5, 0.6) is 0 Å². The van der Waals surface area contributed by atoms with Gasteiger partial charge in [0.2, 0.25) is 0 Å². The highest BCUT2D eigenvalue weighted by molar-refractivity contribution is 9.10. The Labute approximate surface area is 150 Å². The molecule has 2 rings (SSSR count). The number of nitrogens with one attached hydrogen (secondary N) is 2. The Kier molecular flexibility index (Phi) is 7.21. The Balaban J connectivity index is 1.90. The fraction of sp³-hybridized carbons (Fsp3) is 0.278. The van der Waals surface area contributed by atoms with Crippen LogP contribution in [0.4, 0.5) is 4.39 Å². The van der Waals surface area contributed by atoms with Gasteiger partial charge in [0.05, 0.1) is 6.61 Å². The predicted octanol–water partition coefficient (Wildman–Crippen LogP) is 3.03. The zero-order valence-corrected chi connectivity index (χ0v) is 15.1. The van der Waals surface area contributed by atoms with Crippen LogP contribution in [0, 0.1) is 5.82 Å². The lowest BCUT2D eigenvalue weighted by molar-refractivity contribution is 0.265. The monoisotopic (exact) mass is 393 g/mol. The second kappa shape index (κ2) is 9.39. The van der Waals surface area contributed by atoms with Crippen molar-refractivity contribution in [1.82, 2.24) is 10.6 Å². The first kappa shape index (κ1) is 18.4. The van der Waals surface area contributed by atoms with Gasteiger partial charge in [-0.2, -0.15) is 0 Å². The number of aliphatic imine (C=N–C) groups is 1. The van der Waals surface area contributed by atoms with Gasteiger partial charge in [-0.05, 0) is 17.7 Å². The van der Waals surface area contributed by atoms with Crippen LogP contribution in [0.3, 0.4) is 0 Å². The molecule has 0 saturated carbocycles. The molecule has 0 bridgehead atoms. The largest absolute Gasteiger partial charge is 0.396 e. The third-order valence-corrected chi connectivity index (χ3v) is 4.19. The lowest BCUT2D eigenvalue weighted by Gasteiger charge is -2.18. The van der Waals surface area contributed by atoms with Crippen LogP contribution in [0.15, 0.2) is 58.0 Å². The summed E-state index contributed by atoms with van der Waals surface area (Å²) in [5, 5.41) is 15.8. The molecular formula is C18H21BrFN3O. The molecule has 3 N–H and O–H groups in total. The molecule has 6 heteroatoms. The second-order valence-corrected chi connectivity index (χ2v) is 6.25. The molecule has 24 heavy (non-hydrogen) atoms. The molecule has 2 aromatic rings. The van der Waals surface area contributed by atoms with Crippen LogP contribution < -0.4 is 10.6 Å². The summed E-state index contributed by atoms with van der Waals surface area (Å²) < 4.78 is 14.5. The standard InChI is InChI=1S/C18H21BrFN3O/c1-21-18(22-10-14-7-8-16(19)9-17(14)20)23-11-15(12-24)13-5-3-2-4-6-13/h2-9,15,24H,10-12H2,1H3,(H2,21,22,23). The van der Waals surface area contributed by atoms with E-state index in [1.54, 1.807) is 19.2 Å². The SMILES string of the molecule is CN=C(NCc1ccc(Br)cc1F)NCC(CO)c1ccccc1. The quantitative estimate of drug-likeness (QED) is 0.522. The van der Waals surface area contributed by atoms with E-state index >= 15 is 0 Å². The first-order valence-electron chi connectivity index (χ1n) is 7.68. The molecule has 0 aliphatic rings. The van der Waals surface area contributed by atoms with Crippen molar-refractivity contribution < 1.29 is 9.50 Å². The minimum absolute atomic E-state index is 0.0332. The van der Waals surface area contributed by atoms with E-state index in [-0.39, 0.29) is 18.3 Å². The molecule has 1 unspecified atom stereocenters. The molecule has 128 valence electrons. The number of benzene rings is 2. The second-order valence-electron chi connectivity index (χ2n) is 5.33. The average Bonchev–Trinajstić information content (AvgIpc) is 2.60. The maximum absolute atomic E-state index is 13.8. The zero-order chi connectivity index (χ0) is 17.4. The Hall–Kier alpha value is -1.92. The van der Waals surface area contributed by atoms with Gasteiger partial charge in [0.15, 0.2) is 5.96 Å². The van der Waals surface area contributed by atoms with Crippen molar-refractivity contribution in [2.75, 3.05) is 20.2 Å². The minimum Gasteiger partial charge on any atom is -0.396 e. The Bertz CT molecular complexity index is 679. The maximum Gasteiger partial charge on any atom is 0.191 e. The summed E-state index contributed by atoms with van der Waals surface area (Å²) >= 11 is 3.24. The predicted molar refractivity (Wildman–Crippen MR) is 98.6 cm³/mol. The van der Waals surface area contributed by atoms with Crippen molar-refractivity contribution in [2.24, 2.45) is 4.99 Å². The van der Waals surface area contributed by atoms with Crippen LogP contribution in [-0.4, -0.2) is 31.3 Å². The molecular weight excluding hydrogens is 373 g/mol. The minimum atomic E-state index is -0.273. The third kappa shape index (κ3) is 5.32. The molecule has 0 aliphatic heterocycles. The molecule has 4 nitrogen and oxygen atoms in total. The number of nitrogens with zero attached hydrogens (tertiary/aromatic N) is 1. The molecule has 0 saturated heterocycles. The van der Waals surface area contributed by atoms with Gasteiger partial charge in [0.1, 0.15) is 5.82 Å². The summed E-state index contributed by atoms with van der Waals surface area (Å²) in [7, 11) is 1.66. The van der Waals surface area contributed by atoms with Crippen LogP contribution >= 0.6 is 15.9 Å². The smallest absolute Gasteiger partial charge is 0.191 e. The molecule has 0 heterocycles. The van der Waals surface area contributed by atoms with Crippen molar-refractivity contribution in [2.45, 2.75) is 12.5 Å². The number of hydrogen-bond donors (Lipinski definition) is 3. The highest BCUT2D eigenvalue weighted by Crippen LogP contribution is 2.15. The van der Waals surface area contributed by atoms with Crippen molar-refractivity contribution in [1.29, 1.82) is 0 Å². The van der Waals surface area contributed by atoms with E-state index in [0.29, 0.717) is 29.1 Å². The van der Waals surface area contributed by atoms with E-state index in [1.807, 2.05) is 30.3 Å². The number of halogens is 2. The van der Waals surface area contributed by atoms with E-state index in [9.17, 15) is 9.50 Å². The highest BCUT2D eigenvalue weighted by atomic mass is 79.9. The van der Waals surface area contributed by atoms with Gasteiger partial charge in [-0.3, -0.25) is 4.99 Å². The van der Waals surface area contributed by atoms with Crippen molar-refractivity contribution in [3.8, 4) is 0 Å². The van der Waals surface area contributed by atoms with Crippen molar-refractivity contribution >= 4 is 21.9 Å². The Morgan fingerprint density at radius 1 is 1.21 bits per heavy atom. The highest BCUT2D eigenvalue weighted by Gasteiger charge is 2.11. The molecule has 0 spiro atoms. The number of rotatable bonds is 6. The fourth-order valence-electron chi connectivity index (χ4n) is 2.30. The lowest BCUT2D eigenvalue weighted by atomic mass is 10.0. The number of hydrogen-bond acceptors (Lipinski definition) is 2. The first-order valence-corrected chi connectivity index (χ1v) is 8.47. The number of aliphatic hydroxyl groups excluding tert-OH is 1. The Morgan fingerprint density at radius 2 is 1.96 bits per heavy atom. The van der Waals surface area contributed by atoms with E-state index in [2.05, 4.69) is 31.6 Å². The summed E-state index contributed by atoms with van der Waals surface area (Å²) in [4.78, 5) is 4.13. The molecule has 0 radical (unpaired) electrons. The summed E-state index contributed by atoms with van der Waals surface area (Å²) in [6.07, 6.45) is 0. The van der Waals surface area contributed by atoms with Gasteiger partial charge in [0.25, 0.3) is 0 Å². The van der Waals surface area contributed by atoms with Crippen LogP contribution in [0.25, 0.3) is 0 Å². The van der Waals surface area contributed by atoms with E-state index in [4.69, 9.17) is 0 Å². The molecule has 0 aromatic heterocycles. The van der Waals surface area contributed by atoms with Gasteiger partial charge in [-0.1, -0.05) is 52.3 Å². The summed E-state index contributed by atoms with van der Waals surface area (Å²) in [5.41, 5.74) is 1.62. The maximum atomic E-state index is 13.8. The van der Waals surface area contributed by atoms with Gasteiger partial charge in [-0.25, -0.2) is 4.39 Å². The summed E-state index contributed by atoms with van der Waals surface area (Å²) in [6, 6.07) is 14.8. The summed E-state index contributed by atoms with van der Waals surface area (Å²) in [6.45, 7) is 0.895. The number of aliphatic hydroxyl groups is 1. The molecule has 0 fully saturated rings. The third-order valence-electron chi connectivity index (χ3n) is 3.69. The van der Waals surface area contributed by atoms with E-state index in [1.165, 1.54) is 6.07 Å². The topological polar surface area (TPSA) is 56.7 Å². The zero-order valence-electron chi connectivity index (χ0n) is 13.5. The first-order chi connectivity index (χ1) is 11.6. The van der Waals surface area contributed by atoms with E-state index < -0.39 is 0 Å². The average molecular weight is 394 g/mol. The normalized spacial score (nSPS) is 12.8. The Morgan fingerprint density at radius 3 is 2.58 bits per heavy atom. The van der Waals surface area contributed by atoms with E-state index in [0.717, 1.165) is 5.56 Å². The number of guanidine groups is 1. The van der Waals surface area contributed by atoms with Gasteiger partial charge in [0, 0.05) is 36.1 Å². The molecule has 1 atom stereocenters.